The van der Waals surface area contributed by atoms with Gasteiger partial charge in [0, 0.05) is 30.1 Å². The Morgan fingerprint density at radius 1 is 1.43 bits per heavy atom. The third-order valence-electron chi connectivity index (χ3n) is 3.55. The Kier molecular flexibility index (Phi) is 6.94. The summed E-state index contributed by atoms with van der Waals surface area (Å²) in [5, 5.41) is 6.84. The van der Waals surface area contributed by atoms with Gasteiger partial charge in [0.25, 0.3) is 0 Å². The van der Waals surface area contributed by atoms with Crippen LogP contribution in [0.3, 0.4) is 0 Å². The van der Waals surface area contributed by atoms with Crippen LogP contribution in [0.5, 0.6) is 0 Å². The van der Waals surface area contributed by atoms with Gasteiger partial charge in [0.05, 0.1) is 6.61 Å². The van der Waals surface area contributed by atoms with Crippen molar-refractivity contribution >= 4 is 29.9 Å². The first-order chi connectivity index (χ1) is 9.49. The van der Waals surface area contributed by atoms with Gasteiger partial charge < -0.3 is 15.4 Å². The molecule has 0 aromatic heterocycles. The Balaban J connectivity index is 0.00000220. The molecular weight excluding hydrogens is 311 g/mol. The highest BCUT2D eigenvalue weighted by molar-refractivity contribution is 6.30. The average molecular weight is 333 g/mol. The summed E-state index contributed by atoms with van der Waals surface area (Å²) in [6.07, 6.45) is -0.384. The number of rotatable bonds is 4. The van der Waals surface area contributed by atoms with Crippen LogP contribution in [-0.2, 0) is 14.9 Å². The zero-order chi connectivity index (χ0) is 14.6. The van der Waals surface area contributed by atoms with Crippen LogP contribution in [0.25, 0.3) is 0 Å². The molecule has 4 nitrogen and oxygen atoms in total. The van der Waals surface area contributed by atoms with Crippen LogP contribution in [0, 0.1) is 0 Å². The number of hydrogen-bond acceptors (Lipinski definition) is 3. The number of morpholine rings is 1. The van der Waals surface area contributed by atoms with Gasteiger partial charge in [0.2, 0.25) is 5.91 Å². The predicted octanol–water partition coefficient (Wildman–Crippen LogP) is 2.14. The fourth-order valence-electron chi connectivity index (χ4n) is 2.16. The van der Waals surface area contributed by atoms with Gasteiger partial charge in [-0.2, -0.15) is 0 Å². The summed E-state index contributed by atoms with van der Waals surface area (Å²) in [7, 11) is 0. The molecule has 2 N–H and O–H groups in total. The van der Waals surface area contributed by atoms with Gasteiger partial charge in [0.15, 0.2) is 0 Å². The van der Waals surface area contributed by atoms with Crippen LogP contribution >= 0.6 is 24.0 Å². The molecule has 1 aliphatic heterocycles. The lowest BCUT2D eigenvalue weighted by Crippen LogP contribution is -2.49. The first-order valence-electron chi connectivity index (χ1n) is 6.85. The summed E-state index contributed by atoms with van der Waals surface area (Å²) < 4.78 is 5.43. The minimum Gasteiger partial charge on any atom is -0.366 e. The molecule has 1 fully saturated rings. The van der Waals surface area contributed by atoms with E-state index in [1.807, 2.05) is 24.3 Å². The maximum absolute atomic E-state index is 12.0. The quantitative estimate of drug-likeness (QED) is 0.888. The maximum Gasteiger partial charge on any atom is 0.250 e. The Bertz CT molecular complexity index is 457. The van der Waals surface area contributed by atoms with E-state index in [9.17, 15) is 4.79 Å². The Hall–Kier alpha value is -0.810. The highest BCUT2D eigenvalue weighted by Gasteiger charge is 2.25. The van der Waals surface area contributed by atoms with Gasteiger partial charge in [-0.3, -0.25) is 4.79 Å². The number of amides is 1. The Labute approximate surface area is 137 Å². The molecule has 1 unspecified atom stereocenters. The van der Waals surface area contributed by atoms with Crippen LogP contribution in [0.2, 0.25) is 5.02 Å². The number of hydrogen-bond donors (Lipinski definition) is 2. The summed E-state index contributed by atoms with van der Waals surface area (Å²) in [5.74, 6) is -0.0563. The zero-order valence-corrected chi connectivity index (χ0v) is 13.9. The molecular formula is C15H22Cl2N2O2. The molecule has 0 radical (unpaired) electrons. The predicted molar refractivity (Wildman–Crippen MR) is 87.3 cm³/mol. The molecule has 1 aromatic rings. The SMILES string of the molecule is CC(C)(CNC(=O)C1CNCCO1)c1ccc(Cl)cc1.Cl. The number of carbonyl (C=O) groups is 1. The van der Waals surface area contributed by atoms with Crippen molar-refractivity contribution in [2.24, 2.45) is 0 Å². The molecule has 21 heavy (non-hydrogen) atoms. The van der Waals surface area contributed by atoms with E-state index in [1.165, 1.54) is 0 Å². The van der Waals surface area contributed by atoms with E-state index in [4.69, 9.17) is 16.3 Å². The fourth-order valence-corrected chi connectivity index (χ4v) is 2.28. The van der Waals surface area contributed by atoms with Gasteiger partial charge in [0.1, 0.15) is 6.10 Å². The minimum absolute atomic E-state index is 0. The van der Waals surface area contributed by atoms with Crippen LogP contribution < -0.4 is 10.6 Å². The summed E-state index contributed by atoms with van der Waals surface area (Å²) in [6.45, 7) is 6.71. The number of halogens is 2. The number of benzene rings is 1. The van der Waals surface area contributed by atoms with Crippen LogP contribution in [0.15, 0.2) is 24.3 Å². The molecule has 118 valence electrons. The molecule has 1 amide bonds. The van der Waals surface area contributed by atoms with E-state index in [2.05, 4.69) is 24.5 Å². The van der Waals surface area contributed by atoms with Gasteiger partial charge in [-0.15, -0.1) is 12.4 Å². The second-order valence-corrected chi connectivity index (χ2v) is 6.11. The molecule has 1 aliphatic rings. The summed E-state index contributed by atoms with van der Waals surface area (Å²) in [6, 6.07) is 7.73. The maximum atomic E-state index is 12.0. The van der Waals surface area contributed by atoms with Crippen molar-refractivity contribution in [2.45, 2.75) is 25.4 Å². The topological polar surface area (TPSA) is 50.4 Å². The largest absolute Gasteiger partial charge is 0.366 e. The van der Waals surface area contributed by atoms with Gasteiger partial charge in [-0.1, -0.05) is 37.6 Å². The molecule has 1 aromatic carbocycles. The van der Waals surface area contributed by atoms with Gasteiger partial charge in [-0.05, 0) is 17.7 Å². The highest BCUT2D eigenvalue weighted by atomic mass is 35.5. The van der Waals surface area contributed by atoms with Crippen LogP contribution in [0.4, 0.5) is 0 Å². The second kappa shape index (κ2) is 7.99. The van der Waals surface area contributed by atoms with Gasteiger partial charge >= 0.3 is 0 Å². The zero-order valence-electron chi connectivity index (χ0n) is 12.3. The van der Waals surface area contributed by atoms with Crippen LogP contribution in [-0.4, -0.2) is 38.3 Å². The van der Waals surface area contributed by atoms with Crippen molar-refractivity contribution in [3.8, 4) is 0 Å². The van der Waals surface area contributed by atoms with E-state index in [-0.39, 0.29) is 29.8 Å². The number of ether oxygens (including phenoxy) is 1. The highest BCUT2D eigenvalue weighted by Crippen LogP contribution is 2.23. The molecule has 0 saturated carbocycles. The van der Waals surface area contributed by atoms with Crippen molar-refractivity contribution in [3.05, 3.63) is 34.9 Å². The summed E-state index contributed by atoms with van der Waals surface area (Å²) in [4.78, 5) is 12.0. The van der Waals surface area contributed by atoms with Crippen molar-refractivity contribution in [1.29, 1.82) is 0 Å². The summed E-state index contributed by atoms with van der Waals surface area (Å²) >= 11 is 5.90. The second-order valence-electron chi connectivity index (χ2n) is 5.67. The van der Waals surface area contributed by atoms with Crippen molar-refractivity contribution in [1.82, 2.24) is 10.6 Å². The van der Waals surface area contributed by atoms with Crippen molar-refractivity contribution in [2.75, 3.05) is 26.2 Å². The van der Waals surface area contributed by atoms with Gasteiger partial charge in [-0.25, -0.2) is 0 Å². The molecule has 0 aliphatic carbocycles. The number of nitrogens with one attached hydrogen (secondary N) is 2. The van der Waals surface area contributed by atoms with E-state index < -0.39 is 0 Å². The molecule has 0 bridgehead atoms. The molecule has 1 heterocycles. The minimum atomic E-state index is -0.384. The van der Waals surface area contributed by atoms with E-state index in [0.717, 1.165) is 17.1 Å². The average Bonchev–Trinajstić information content (AvgIpc) is 2.46. The van der Waals surface area contributed by atoms with Crippen LogP contribution in [0.1, 0.15) is 19.4 Å². The lowest BCUT2D eigenvalue weighted by Gasteiger charge is -2.28. The molecule has 2 rings (SSSR count). The van der Waals surface area contributed by atoms with Crippen molar-refractivity contribution in [3.63, 3.8) is 0 Å². The Morgan fingerprint density at radius 2 is 2.10 bits per heavy atom. The molecule has 1 atom stereocenters. The first-order valence-corrected chi connectivity index (χ1v) is 7.23. The van der Waals surface area contributed by atoms with E-state index in [1.54, 1.807) is 0 Å². The summed E-state index contributed by atoms with van der Waals surface area (Å²) in [5.41, 5.74) is 0.993. The lowest BCUT2D eigenvalue weighted by atomic mass is 9.84. The monoisotopic (exact) mass is 332 g/mol. The van der Waals surface area contributed by atoms with E-state index >= 15 is 0 Å². The molecule has 1 saturated heterocycles. The van der Waals surface area contributed by atoms with E-state index in [0.29, 0.717) is 19.7 Å². The first kappa shape index (κ1) is 18.2. The lowest BCUT2D eigenvalue weighted by molar-refractivity contribution is -0.134. The fraction of sp³-hybridized carbons (Fsp3) is 0.533. The third-order valence-corrected chi connectivity index (χ3v) is 3.80. The third kappa shape index (κ3) is 5.15. The normalized spacial score (nSPS) is 18.7. The van der Waals surface area contributed by atoms with Crippen molar-refractivity contribution < 1.29 is 9.53 Å². The smallest absolute Gasteiger partial charge is 0.250 e. The molecule has 0 spiro atoms. The molecule has 6 heteroatoms. The number of carbonyl (C=O) groups excluding carboxylic acids is 1. The Morgan fingerprint density at radius 3 is 2.67 bits per heavy atom. The standard InChI is InChI=1S/C15H21ClN2O2.ClH/c1-15(2,11-3-5-12(16)6-4-11)10-18-14(19)13-9-17-7-8-20-13;/h3-6,13,17H,7-10H2,1-2H3,(H,18,19);1H.